The molecule has 5 nitrogen and oxygen atoms in total. The quantitative estimate of drug-likeness (QED) is 0.502. The highest BCUT2D eigenvalue weighted by molar-refractivity contribution is 4.72. The van der Waals surface area contributed by atoms with Crippen molar-refractivity contribution >= 4 is 0 Å². The van der Waals surface area contributed by atoms with Crippen LogP contribution in [0.3, 0.4) is 0 Å². The third kappa shape index (κ3) is 0.699. The van der Waals surface area contributed by atoms with Crippen molar-refractivity contribution in [2.24, 2.45) is 0 Å². The molecule has 0 bridgehead atoms. The number of methoxy groups -OCH3 is 1. The zero-order valence-corrected chi connectivity index (χ0v) is 4.08. The molecule has 1 rings (SSSR count). The predicted molar refractivity (Wildman–Crippen MR) is 21.6 cm³/mol. The maximum Gasteiger partial charge on any atom is 0.544 e. The minimum atomic E-state index is -0.859. The Labute approximate surface area is 43.8 Å². The first kappa shape index (κ1) is 4.89. The van der Waals surface area contributed by atoms with Gasteiger partial charge in [-0.2, -0.15) is 0 Å². The molecule has 1 aromatic heterocycles. The molecule has 0 atom stereocenters. The maximum absolute atomic E-state index is 9.97. The van der Waals surface area contributed by atoms with E-state index < -0.39 is 5.82 Å². The van der Waals surface area contributed by atoms with Gasteiger partial charge in [-0.3, -0.25) is 4.52 Å². The summed E-state index contributed by atoms with van der Waals surface area (Å²) in [5.74, 6) is -0.859. The average Bonchev–Trinajstić information content (AvgIpc) is 2.14. The second kappa shape index (κ2) is 1.69. The fourth-order valence-electron chi connectivity index (χ4n) is 0.262. The van der Waals surface area contributed by atoms with Crippen molar-refractivity contribution in [1.29, 1.82) is 0 Å². The highest BCUT2D eigenvalue weighted by atomic mass is 16.7. The Bertz CT molecular complexity index is 211. The monoisotopic (exact) mass is 117 g/mol. The molecule has 0 N–H and O–H groups in total. The van der Waals surface area contributed by atoms with Gasteiger partial charge in [0.2, 0.25) is 0 Å². The third-order valence-corrected chi connectivity index (χ3v) is 0.540. The van der Waals surface area contributed by atoms with E-state index in [0.717, 1.165) is 0 Å². The number of aromatic nitrogens is 1. The van der Waals surface area contributed by atoms with E-state index in [1.54, 1.807) is 0 Å². The lowest BCUT2D eigenvalue weighted by Gasteiger charge is -1.79. The van der Waals surface area contributed by atoms with Crippen LogP contribution >= 0.6 is 0 Å². The molecular formula is C3H3NO4. The van der Waals surface area contributed by atoms with E-state index in [1.807, 2.05) is 0 Å². The van der Waals surface area contributed by atoms with Gasteiger partial charge in [0, 0.05) is 5.16 Å². The Balaban J connectivity index is 3.01. The van der Waals surface area contributed by atoms with Crippen molar-refractivity contribution in [3.63, 3.8) is 0 Å². The van der Waals surface area contributed by atoms with E-state index in [9.17, 15) is 4.79 Å². The van der Waals surface area contributed by atoms with Gasteiger partial charge in [-0.05, 0) is 0 Å². The third-order valence-electron chi connectivity index (χ3n) is 0.540. The predicted octanol–water partition coefficient (Wildman–Crippen LogP) is -0.364. The van der Waals surface area contributed by atoms with E-state index in [4.69, 9.17) is 0 Å². The minimum Gasteiger partial charge on any atom is -0.451 e. The Morgan fingerprint density at radius 2 is 2.50 bits per heavy atom. The largest absolute Gasteiger partial charge is 0.544 e. The van der Waals surface area contributed by atoms with Crippen molar-refractivity contribution in [1.82, 2.24) is 5.16 Å². The lowest BCUT2D eigenvalue weighted by atomic mass is 11.3. The van der Waals surface area contributed by atoms with Gasteiger partial charge in [-0.1, -0.05) is 0 Å². The molecule has 0 aromatic carbocycles. The van der Waals surface area contributed by atoms with Gasteiger partial charge >= 0.3 is 11.9 Å². The van der Waals surface area contributed by atoms with Crippen molar-refractivity contribution in [3.05, 3.63) is 10.6 Å². The molecule has 0 amide bonds. The maximum atomic E-state index is 9.97. The van der Waals surface area contributed by atoms with Crippen LogP contribution < -0.4 is 10.6 Å². The van der Waals surface area contributed by atoms with Crippen molar-refractivity contribution in [2.45, 2.75) is 0 Å². The van der Waals surface area contributed by atoms with Crippen LogP contribution in [0.4, 0.5) is 0 Å². The summed E-state index contributed by atoms with van der Waals surface area (Å²) in [5, 5.41) is 3.06. The van der Waals surface area contributed by atoms with Crippen molar-refractivity contribution in [3.8, 4) is 6.08 Å². The summed E-state index contributed by atoms with van der Waals surface area (Å²) in [5.41, 5.74) is 0. The molecule has 1 heterocycles. The van der Waals surface area contributed by atoms with E-state index in [1.165, 1.54) is 7.11 Å². The molecule has 0 aliphatic rings. The van der Waals surface area contributed by atoms with Crippen LogP contribution in [0.2, 0.25) is 0 Å². The molecular weight excluding hydrogens is 114 g/mol. The van der Waals surface area contributed by atoms with E-state index >= 15 is 0 Å². The summed E-state index contributed by atoms with van der Waals surface area (Å²) < 4.78 is 12.5. The fourth-order valence-corrected chi connectivity index (χ4v) is 0.262. The van der Waals surface area contributed by atoms with Crippen molar-refractivity contribution in [2.75, 3.05) is 7.11 Å². The van der Waals surface area contributed by atoms with Gasteiger partial charge in [-0.15, -0.1) is 0 Å². The summed E-state index contributed by atoms with van der Waals surface area (Å²) in [7, 11) is 1.32. The first-order valence-electron chi connectivity index (χ1n) is 1.84. The number of hydrogen-bond acceptors (Lipinski definition) is 5. The zero-order valence-electron chi connectivity index (χ0n) is 4.08. The second-order valence-corrected chi connectivity index (χ2v) is 1.00. The van der Waals surface area contributed by atoms with Crippen LogP contribution in [0, 0.1) is 0 Å². The molecule has 0 radical (unpaired) electrons. The van der Waals surface area contributed by atoms with Gasteiger partial charge in [0.1, 0.15) is 0 Å². The first-order valence-corrected chi connectivity index (χ1v) is 1.84. The Kier molecular flexibility index (Phi) is 1.03. The van der Waals surface area contributed by atoms with Gasteiger partial charge < -0.3 is 9.15 Å². The van der Waals surface area contributed by atoms with Crippen LogP contribution in [-0.2, 0) is 0 Å². The van der Waals surface area contributed by atoms with Crippen LogP contribution in [0.1, 0.15) is 0 Å². The molecule has 0 spiro atoms. The number of rotatable bonds is 1. The average molecular weight is 117 g/mol. The lowest BCUT2D eigenvalue weighted by Crippen LogP contribution is -1.85. The SMILES string of the molecule is COc1noc(=O)o1. The normalized spacial score (nSPS) is 9.12. The Hall–Kier alpha value is -1.26. The Morgan fingerprint density at radius 3 is 2.75 bits per heavy atom. The van der Waals surface area contributed by atoms with Gasteiger partial charge in [-0.25, -0.2) is 4.79 Å². The van der Waals surface area contributed by atoms with E-state index in [-0.39, 0.29) is 6.08 Å². The summed E-state index contributed by atoms with van der Waals surface area (Å²) in [6, 6.07) is 0. The minimum absolute atomic E-state index is 0.157. The topological polar surface area (TPSA) is 65.5 Å². The number of ether oxygens (including phenoxy) is 1. The molecule has 0 fully saturated rings. The summed E-state index contributed by atoms with van der Waals surface area (Å²) in [6.45, 7) is 0. The van der Waals surface area contributed by atoms with Gasteiger partial charge in [0.05, 0.1) is 7.11 Å². The molecule has 0 unspecified atom stereocenters. The molecule has 0 saturated carbocycles. The fraction of sp³-hybridized carbons (Fsp3) is 0.333. The molecule has 0 aliphatic carbocycles. The first-order chi connectivity index (χ1) is 3.83. The van der Waals surface area contributed by atoms with Gasteiger partial charge in [0.25, 0.3) is 0 Å². The smallest absolute Gasteiger partial charge is 0.451 e. The van der Waals surface area contributed by atoms with Crippen molar-refractivity contribution < 1.29 is 13.7 Å². The van der Waals surface area contributed by atoms with Gasteiger partial charge in [0.15, 0.2) is 0 Å². The lowest BCUT2D eigenvalue weighted by molar-refractivity contribution is 0.281. The molecule has 0 aliphatic heterocycles. The molecule has 1 aromatic rings. The summed E-state index contributed by atoms with van der Waals surface area (Å²) in [4.78, 5) is 9.97. The second-order valence-electron chi connectivity index (χ2n) is 1.00. The zero-order chi connectivity index (χ0) is 5.98. The summed E-state index contributed by atoms with van der Waals surface area (Å²) in [6.07, 6.45) is -0.157. The van der Waals surface area contributed by atoms with E-state index in [0.29, 0.717) is 0 Å². The highest BCUT2D eigenvalue weighted by Crippen LogP contribution is 1.96. The number of hydrogen-bond donors (Lipinski definition) is 0. The summed E-state index contributed by atoms with van der Waals surface area (Å²) >= 11 is 0. The standard InChI is InChI=1S/C3H3NO4/c1-6-2-4-8-3(5)7-2/h1H3. The van der Waals surface area contributed by atoms with Crippen LogP contribution in [-0.4, -0.2) is 12.3 Å². The molecule has 0 saturated heterocycles. The molecule has 44 valence electrons. The highest BCUT2D eigenvalue weighted by Gasteiger charge is 1.98. The van der Waals surface area contributed by atoms with E-state index in [2.05, 4.69) is 18.8 Å². The van der Waals surface area contributed by atoms with Crippen LogP contribution in [0.15, 0.2) is 13.7 Å². The Morgan fingerprint density at radius 1 is 1.75 bits per heavy atom. The number of nitrogens with zero attached hydrogens (tertiary/aromatic N) is 1. The van der Waals surface area contributed by atoms with Crippen LogP contribution in [0.5, 0.6) is 6.08 Å². The van der Waals surface area contributed by atoms with Crippen LogP contribution in [0.25, 0.3) is 0 Å². The molecule has 5 heteroatoms. The molecule has 8 heavy (non-hydrogen) atoms.